The Morgan fingerprint density at radius 2 is 1.50 bits per heavy atom. The van der Waals surface area contributed by atoms with E-state index in [9.17, 15) is 4.79 Å². The maximum Gasteiger partial charge on any atom is 0.216 e. The minimum absolute atomic E-state index is 0.00463. The summed E-state index contributed by atoms with van der Waals surface area (Å²) in [5.74, 6) is 0.00463. The van der Waals surface area contributed by atoms with Crippen molar-refractivity contribution in [3.63, 3.8) is 0 Å². The predicted molar refractivity (Wildman–Crippen MR) is 62.3 cm³/mol. The standard InChI is InChI=1S/C7H8.C3H7NO.C2H6/c1-7-5-3-2-4-6-7;1-3(5)4-2;1-2/h2-6H,1H3;1-2H3,(H,4,5);1-2H3. The number of carbonyl (C=O) groups is 1. The van der Waals surface area contributed by atoms with Crippen molar-refractivity contribution in [3.05, 3.63) is 35.9 Å². The van der Waals surface area contributed by atoms with Crippen LogP contribution in [0.5, 0.6) is 0 Å². The molecule has 80 valence electrons. The van der Waals surface area contributed by atoms with Gasteiger partial charge >= 0.3 is 0 Å². The van der Waals surface area contributed by atoms with Gasteiger partial charge in [-0.25, -0.2) is 0 Å². The molecule has 14 heavy (non-hydrogen) atoms. The fourth-order valence-electron chi connectivity index (χ4n) is 0.534. The number of hydrogen-bond acceptors (Lipinski definition) is 1. The summed E-state index contributed by atoms with van der Waals surface area (Å²) in [5, 5.41) is 2.39. The number of benzene rings is 1. The third-order valence-corrected chi connectivity index (χ3v) is 1.29. The topological polar surface area (TPSA) is 29.1 Å². The zero-order chi connectivity index (χ0) is 11.4. The summed E-state index contributed by atoms with van der Waals surface area (Å²) in [5.41, 5.74) is 1.32. The summed E-state index contributed by atoms with van der Waals surface area (Å²) in [6, 6.07) is 10.3. The van der Waals surface area contributed by atoms with Crippen LogP contribution in [-0.2, 0) is 4.79 Å². The fraction of sp³-hybridized carbons (Fsp3) is 0.417. The van der Waals surface area contributed by atoms with E-state index in [2.05, 4.69) is 24.4 Å². The highest BCUT2D eigenvalue weighted by molar-refractivity contribution is 5.72. The van der Waals surface area contributed by atoms with Crippen molar-refractivity contribution < 1.29 is 4.79 Å². The lowest BCUT2D eigenvalue weighted by atomic mass is 10.2. The molecular weight excluding hydrogens is 174 g/mol. The molecule has 0 saturated carbocycles. The summed E-state index contributed by atoms with van der Waals surface area (Å²) in [6.45, 7) is 7.56. The second kappa shape index (κ2) is 11.7. The van der Waals surface area contributed by atoms with Crippen molar-refractivity contribution in [1.29, 1.82) is 0 Å². The maximum absolute atomic E-state index is 9.70. The second-order valence-electron chi connectivity index (χ2n) is 2.46. The second-order valence-corrected chi connectivity index (χ2v) is 2.46. The largest absolute Gasteiger partial charge is 0.359 e. The van der Waals surface area contributed by atoms with Crippen LogP contribution < -0.4 is 5.32 Å². The molecule has 1 amide bonds. The van der Waals surface area contributed by atoms with Crippen LogP contribution in [0.25, 0.3) is 0 Å². The van der Waals surface area contributed by atoms with Gasteiger partial charge in [0.05, 0.1) is 0 Å². The first-order valence-corrected chi connectivity index (χ1v) is 4.86. The van der Waals surface area contributed by atoms with Gasteiger partial charge in [0.2, 0.25) is 5.91 Å². The van der Waals surface area contributed by atoms with Crippen molar-refractivity contribution in [2.24, 2.45) is 0 Å². The Hall–Kier alpha value is -1.31. The number of hydrogen-bond donors (Lipinski definition) is 1. The molecule has 0 aliphatic rings. The molecule has 1 aromatic carbocycles. The van der Waals surface area contributed by atoms with Crippen molar-refractivity contribution in [2.75, 3.05) is 7.05 Å². The molecule has 1 rings (SSSR count). The number of aryl methyl sites for hydroxylation is 1. The van der Waals surface area contributed by atoms with Crippen molar-refractivity contribution in [1.82, 2.24) is 5.32 Å². The summed E-state index contributed by atoms with van der Waals surface area (Å²) < 4.78 is 0. The van der Waals surface area contributed by atoms with E-state index in [-0.39, 0.29) is 5.91 Å². The SMILES string of the molecule is CC.CNC(C)=O.Cc1ccccc1. The van der Waals surface area contributed by atoms with Crippen LogP contribution in [0.4, 0.5) is 0 Å². The lowest BCUT2D eigenvalue weighted by Crippen LogP contribution is -2.11. The first kappa shape index (κ1) is 15.2. The minimum atomic E-state index is 0.00463. The fourth-order valence-corrected chi connectivity index (χ4v) is 0.534. The average molecular weight is 195 g/mol. The average Bonchev–Trinajstić information content (AvgIpc) is 2.23. The molecule has 2 nitrogen and oxygen atoms in total. The third kappa shape index (κ3) is 13.3. The van der Waals surface area contributed by atoms with E-state index in [4.69, 9.17) is 0 Å². The van der Waals surface area contributed by atoms with Gasteiger partial charge in [0, 0.05) is 14.0 Å². The third-order valence-electron chi connectivity index (χ3n) is 1.29. The minimum Gasteiger partial charge on any atom is -0.359 e. The van der Waals surface area contributed by atoms with Gasteiger partial charge in [-0.1, -0.05) is 49.7 Å². The lowest BCUT2D eigenvalue weighted by Gasteiger charge is -1.82. The molecule has 2 heteroatoms. The van der Waals surface area contributed by atoms with E-state index in [0.29, 0.717) is 0 Å². The van der Waals surface area contributed by atoms with Gasteiger partial charge in [-0.05, 0) is 6.92 Å². The summed E-state index contributed by atoms with van der Waals surface area (Å²) in [4.78, 5) is 9.70. The highest BCUT2D eigenvalue weighted by Crippen LogP contribution is 1.92. The number of carbonyl (C=O) groups excluding carboxylic acids is 1. The molecule has 0 atom stereocenters. The Morgan fingerprint density at radius 1 is 1.14 bits per heavy atom. The van der Waals surface area contributed by atoms with Gasteiger partial charge in [0.25, 0.3) is 0 Å². The van der Waals surface area contributed by atoms with E-state index in [1.807, 2.05) is 32.0 Å². The molecule has 0 aromatic heterocycles. The molecular formula is C12H21NO. The summed E-state index contributed by atoms with van der Waals surface area (Å²) in [7, 11) is 1.60. The lowest BCUT2D eigenvalue weighted by molar-refractivity contribution is -0.118. The Morgan fingerprint density at radius 3 is 1.64 bits per heavy atom. The van der Waals surface area contributed by atoms with Crippen LogP contribution in [-0.4, -0.2) is 13.0 Å². The zero-order valence-corrected chi connectivity index (χ0v) is 9.79. The van der Waals surface area contributed by atoms with Crippen molar-refractivity contribution >= 4 is 5.91 Å². The van der Waals surface area contributed by atoms with E-state index < -0.39 is 0 Å². The summed E-state index contributed by atoms with van der Waals surface area (Å²) >= 11 is 0. The number of amides is 1. The van der Waals surface area contributed by atoms with Crippen LogP contribution >= 0.6 is 0 Å². The van der Waals surface area contributed by atoms with Gasteiger partial charge in [0.1, 0.15) is 0 Å². The molecule has 0 heterocycles. The van der Waals surface area contributed by atoms with Gasteiger partial charge in [0.15, 0.2) is 0 Å². The first-order chi connectivity index (χ1) is 6.66. The van der Waals surface area contributed by atoms with Gasteiger partial charge in [-0.3, -0.25) is 4.79 Å². The predicted octanol–water partition coefficient (Wildman–Crippen LogP) is 2.77. The van der Waals surface area contributed by atoms with Crippen molar-refractivity contribution in [3.8, 4) is 0 Å². The van der Waals surface area contributed by atoms with Gasteiger partial charge in [-0.15, -0.1) is 0 Å². The smallest absolute Gasteiger partial charge is 0.216 e. The van der Waals surface area contributed by atoms with E-state index >= 15 is 0 Å². The molecule has 0 spiro atoms. The summed E-state index contributed by atoms with van der Waals surface area (Å²) in [6.07, 6.45) is 0. The molecule has 0 radical (unpaired) electrons. The Balaban J connectivity index is 0. The maximum atomic E-state index is 9.70. The Kier molecular flexibility index (Phi) is 12.7. The monoisotopic (exact) mass is 195 g/mol. The van der Waals surface area contributed by atoms with Gasteiger partial charge < -0.3 is 5.32 Å². The quantitative estimate of drug-likeness (QED) is 0.677. The first-order valence-electron chi connectivity index (χ1n) is 4.86. The number of rotatable bonds is 0. The van der Waals surface area contributed by atoms with Gasteiger partial charge in [-0.2, -0.15) is 0 Å². The number of nitrogens with one attached hydrogen (secondary N) is 1. The normalized spacial score (nSPS) is 7.21. The van der Waals surface area contributed by atoms with E-state index in [1.54, 1.807) is 7.05 Å². The Labute approximate surface area is 87.3 Å². The zero-order valence-electron chi connectivity index (χ0n) is 9.79. The molecule has 0 saturated heterocycles. The van der Waals surface area contributed by atoms with Crippen LogP contribution in [0.3, 0.4) is 0 Å². The highest BCUT2D eigenvalue weighted by atomic mass is 16.1. The molecule has 1 N–H and O–H groups in total. The van der Waals surface area contributed by atoms with Crippen LogP contribution in [0, 0.1) is 6.92 Å². The van der Waals surface area contributed by atoms with Crippen LogP contribution in [0.1, 0.15) is 26.3 Å². The molecule has 0 bridgehead atoms. The van der Waals surface area contributed by atoms with E-state index in [0.717, 1.165) is 0 Å². The van der Waals surface area contributed by atoms with Crippen LogP contribution in [0.15, 0.2) is 30.3 Å². The highest BCUT2D eigenvalue weighted by Gasteiger charge is 1.73. The molecule has 0 fully saturated rings. The molecule has 0 aliphatic heterocycles. The van der Waals surface area contributed by atoms with E-state index in [1.165, 1.54) is 12.5 Å². The van der Waals surface area contributed by atoms with Crippen LogP contribution in [0.2, 0.25) is 0 Å². The Bertz CT molecular complexity index is 219. The molecule has 1 aromatic rings. The molecule has 0 aliphatic carbocycles. The van der Waals surface area contributed by atoms with Crippen molar-refractivity contribution in [2.45, 2.75) is 27.7 Å². The molecule has 0 unspecified atom stereocenters.